The molecule has 2 aromatic carbocycles. The van der Waals surface area contributed by atoms with Gasteiger partial charge in [-0.2, -0.15) is 0 Å². The fourth-order valence-electron chi connectivity index (χ4n) is 3.93. The van der Waals surface area contributed by atoms with Gasteiger partial charge in [0.05, 0.1) is 42.4 Å². The third-order valence-electron chi connectivity index (χ3n) is 5.72. The van der Waals surface area contributed by atoms with Crippen molar-refractivity contribution in [3.63, 3.8) is 0 Å². The Hall–Kier alpha value is -2.11. The monoisotopic (exact) mass is 527 g/mol. The van der Waals surface area contributed by atoms with Crippen LogP contribution in [0.3, 0.4) is 0 Å². The Morgan fingerprint density at radius 3 is 2.26 bits per heavy atom. The Balaban J connectivity index is 2.04. The smallest absolute Gasteiger partial charge is 0.264 e. The maximum Gasteiger partial charge on any atom is 0.264 e. The molecule has 2 N–H and O–H groups in total. The summed E-state index contributed by atoms with van der Waals surface area (Å²) in [6.45, 7) is 6.14. The van der Waals surface area contributed by atoms with E-state index in [2.05, 4.69) is 5.32 Å². The van der Waals surface area contributed by atoms with Crippen LogP contribution in [0.5, 0.6) is 0 Å². The molecule has 2 aromatic rings. The first-order valence-electron chi connectivity index (χ1n) is 11.2. The molecule has 2 atom stereocenters. The minimum absolute atomic E-state index is 0.0451. The largest absolute Gasteiger partial charge is 0.380 e. The maximum absolute atomic E-state index is 13.7. The van der Waals surface area contributed by atoms with Crippen LogP contribution in [0.1, 0.15) is 32.8 Å². The summed E-state index contributed by atoms with van der Waals surface area (Å²) < 4.78 is 73.3. The van der Waals surface area contributed by atoms with Gasteiger partial charge in [-0.05, 0) is 54.7 Å². The predicted molar refractivity (Wildman–Crippen MR) is 137 cm³/mol. The Bertz CT molecular complexity index is 1350. The predicted octanol–water partition coefficient (Wildman–Crippen LogP) is 3.73. The molecule has 0 aromatic heterocycles. The molecule has 1 saturated heterocycles. The highest BCUT2D eigenvalue weighted by Crippen LogP contribution is 2.31. The first-order valence-corrected chi connectivity index (χ1v) is 16.4. The van der Waals surface area contributed by atoms with Gasteiger partial charge in [-0.15, -0.1) is 0 Å². The van der Waals surface area contributed by atoms with Crippen molar-refractivity contribution >= 4 is 41.0 Å². The molecule has 1 aliphatic heterocycles. The molecule has 1 fully saturated rings. The van der Waals surface area contributed by atoms with Gasteiger partial charge in [0.1, 0.15) is 0 Å². The Morgan fingerprint density at radius 2 is 1.76 bits per heavy atom. The summed E-state index contributed by atoms with van der Waals surface area (Å²) in [5.74, 6) is 0.0677. The van der Waals surface area contributed by atoms with E-state index in [1.54, 1.807) is 12.1 Å². The molecular formula is C23H33N3O5S3. The van der Waals surface area contributed by atoms with Gasteiger partial charge in [0, 0.05) is 18.8 Å². The van der Waals surface area contributed by atoms with Crippen molar-refractivity contribution < 1.29 is 21.0 Å². The molecule has 0 radical (unpaired) electrons. The minimum Gasteiger partial charge on any atom is -0.380 e. The fraction of sp³-hybridized carbons (Fsp3) is 0.478. The van der Waals surface area contributed by atoms with Crippen LogP contribution in [0.25, 0.3) is 0 Å². The average Bonchev–Trinajstić information content (AvgIpc) is 3.09. The SMILES string of the molecule is CCc1ccc(N(CC(C)C)S(=O)(=O)c2ccc(NC3CCS(=O)(=O)C3)c(S(C)(=N)=O)c2)cc1. The summed E-state index contributed by atoms with van der Waals surface area (Å²) in [6.07, 6.45) is 2.47. The molecule has 11 heteroatoms. The van der Waals surface area contributed by atoms with E-state index in [1.807, 2.05) is 32.9 Å². The second kappa shape index (κ2) is 9.87. The van der Waals surface area contributed by atoms with Crippen molar-refractivity contribution in [2.45, 2.75) is 49.4 Å². The highest BCUT2D eigenvalue weighted by molar-refractivity contribution is 7.93. The molecule has 34 heavy (non-hydrogen) atoms. The summed E-state index contributed by atoms with van der Waals surface area (Å²) in [6, 6.07) is 11.2. The van der Waals surface area contributed by atoms with E-state index >= 15 is 0 Å². The van der Waals surface area contributed by atoms with E-state index in [1.165, 1.54) is 28.8 Å². The normalized spacial score (nSPS) is 19.6. The van der Waals surface area contributed by atoms with E-state index in [9.17, 15) is 21.0 Å². The second-order valence-electron chi connectivity index (χ2n) is 9.20. The van der Waals surface area contributed by atoms with Crippen LogP contribution in [-0.2, 0) is 36.0 Å². The van der Waals surface area contributed by atoms with Crippen LogP contribution < -0.4 is 9.62 Å². The molecule has 0 amide bonds. The fourth-order valence-corrected chi connectivity index (χ4v) is 8.23. The molecule has 0 bridgehead atoms. The molecular weight excluding hydrogens is 494 g/mol. The van der Waals surface area contributed by atoms with Gasteiger partial charge in [0.2, 0.25) is 0 Å². The number of hydrogen-bond acceptors (Lipinski definition) is 7. The second-order valence-corrected chi connectivity index (χ2v) is 15.4. The third-order valence-corrected chi connectivity index (χ3v) is 10.5. The third kappa shape index (κ3) is 6.11. The van der Waals surface area contributed by atoms with Crippen LogP contribution in [-0.4, -0.2) is 51.4 Å². The van der Waals surface area contributed by atoms with Crippen LogP contribution >= 0.6 is 0 Å². The minimum atomic E-state index is -4.01. The Morgan fingerprint density at radius 1 is 1.12 bits per heavy atom. The van der Waals surface area contributed by atoms with Crippen molar-refractivity contribution in [1.29, 1.82) is 4.78 Å². The van der Waals surface area contributed by atoms with Crippen molar-refractivity contribution in [2.24, 2.45) is 5.92 Å². The average molecular weight is 528 g/mol. The summed E-state index contributed by atoms with van der Waals surface area (Å²) in [5, 5.41) is 3.07. The van der Waals surface area contributed by atoms with Gasteiger partial charge in [-0.1, -0.05) is 32.9 Å². The van der Waals surface area contributed by atoms with Crippen LogP contribution in [0.15, 0.2) is 52.3 Å². The molecule has 188 valence electrons. The number of nitrogens with zero attached hydrogens (tertiary/aromatic N) is 1. The number of nitrogens with one attached hydrogen (secondary N) is 2. The lowest BCUT2D eigenvalue weighted by Gasteiger charge is -2.27. The Kier molecular flexibility index (Phi) is 7.69. The summed E-state index contributed by atoms with van der Waals surface area (Å²) in [4.78, 5) is -0.0159. The van der Waals surface area contributed by atoms with E-state index in [-0.39, 0.29) is 39.8 Å². The van der Waals surface area contributed by atoms with Crippen molar-refractivity contribution in [3.05, 3.63) is 48.0 Å². The zero-order valence-electron chi connectivity index (χ0n) is 19.9. The molecule has 0 aliphatic carbocycles. The lowest BCUT2D eigenvalue weighted by molar-refractivity contribution is 0.577. The number of anilines is 2. The number of hydrogen-bond donors (Lipinski definition) is 2. The van der Waals surface area contributed by atoms with Crippen molar-refractivity contribution in [1.82, 2.24) is 0 Å². The molecule has 0 saturated carbocycles. The topological polar surface area (TPSA) is 124 Å². The van der Waals surface area contributed by atoms with Gasteiger partial charge in [0.25, 0.3) is 10.0 Å². The van der Waals surface area contributed by atoms with Gasteiger partial charge in [-0.3, -0.25) is 4.31 Å². The standard InChI is InChI=1S/C23H33N3O5S3/c1-5-18-6-8-20(9-7-18)26(15-17(2)3)34(30,31)21-10-11-22(23(14-21)32(4,24)27)25-19-12-13-33(28,29)16-19/h6-11,14,17,19,24-25H,5,12-13,15-16H2,1-4H3. The summed E-state index contributed by atoms with van der Waals surface area (Å²) >= 11 is 0. The number of benzene rings is 2. The zero-order chi connectivity index (χ0) is 25.3. The number of aryl methyl sites for hydroxylation is 1. The highest BCUT2D eigenvalue weighted by Gasteiger charge is 2.30. The van der Waals surface area contributed by atoms with Crippen molar-refractivity contribution in [3.8, 4) is 0 Å². The molecule has 3 rings (SSSR count). The van der Waals surface area contributed by atoms with Crippen LogP contribution in [0.4, 0.5) is 11.4 Å². The number of rotatable bonds is 9. The molecule has 8 nitrogen and oxygen atoms in total. The summed E-state index contributed by atoms with van der Waals surface area (Å²) in [5.41, 5.74) is 1.96. The molecule has 0 spiro atoms. The lowest BCUT2D eigenvalue weighted by Crippen LogP contribution is -2.34. The van der Waals surface area contributed by atoms with Gasteiger partial charge in [0.15, 0.2) is 9.84 Å². The first kappa shape index (κ1) is 26.5. The van der Waals surface area contributed by atoms with E-state index in [4.69, 9.17) is 4.78 Å². The highest BCUT2D eigenvalue weighted by atomic mass is 32.2. The lowest BCUT2D eigenvalue weighted by atomic mass is 10.1. The molecule has 2 unspecified atom stereocenters. The number of sulfone groups is 1. The Labute approximate surface area is 203 Å². The maximum atomic E-state index is 13.7. The quantitative estimate of drug-likeness (QED) is 0.512. The van der Waals surface area contributed by atoms with Gasteiger partial charge < -0.3 is 5.32 Å². The molecule has 1 heterocycles. The van der Waals surface area contributed by atoms with E-state index in [0.717, 1.165) is 12.0 Å². The van der Waals surface area contributed by atoms with Gasteiger partial charge in [-0.25, -0.2) is 25.8 Å². The van der Waals surface area contributed by atoms with Gasteiger partial charge >= 0.3 is 0 Å². The van der Waals surface area contributed by atoms with Crippen molar-refractivity contribution in [2.75, 3.05) is 33.9 Å². The van der Waals surface area contributed by atoms with Crippen LogP contribution in [0.2, 0.25) is 0 Å². The van der Waals surface area contributed by atoms with E-state index in [0.29, 0.717) is 17.8 Å². The molecule has 1 aliphatic rings. The number of sulfonamides is 1. The zero-order valence-corrected chi connectivity index (χ0v) is 22.4. The summed E-state index contributed by atoms with van der Waals surface area (Å²) in [7, 11) is -10.5. The van der Waals surface area contributed by atoms with Crippen LogP contribution in [0, 0.1) is 10.7 Å². The first-order chi connectivity index (χ1) is 15.7. The van der Waals surface area contributed by atoms with E-state index < -0.39 is 29.6 Å².